The number of nitrogens with one attached hydrogen (secondary N) is 2. The minimum atomic E-state index is -0.654. The molecule has 0 aliphatic rings. The van der Waals surface area contributed by atoms with E-state index < -0.39 is 17.8 Å². The highest BCUT2D eigenvalue weighted by Crippen LogP contribution is 2.35. The van der Waals surface area contributed by atoms with Crippen LogP contribution in [0.2, 0.25) is 5.02 Å². The molecule has 0 aliphatic carbocycles. The van der Waals surface area contributed by atoms with Gasteiger partial charge < -0.3 is 21.1 Å². The number of carbonyl (C=O) groups is 3. The second-order valence-corrected chi connectivity index (χ2v) is 8.17. The first-order valence-corrected chi connectivity index (χ1v) is 10.4. The number of benzene rings is 2. The second kappa shape index (κ2) is 9.20. The Kier molecular flexibility index (Phi) is 6.62. The molecule has 7 nitrogen and oxygen atoms in total. The van der Waals surface area contributed by atoms with Gasteiger partial charge in [-0.25, -0.2) is 4.79 Å². The van der Waals surface area contributed by atoms with Gasteiger partial charge in [-0.15, -0.1) is 11.3 Å². The van der Waals surface area contributed by atoms with Crippen molar-refractivity contribution in [2.24, 2.45) is 0 Å². The summed E-state index contributed by atoms with van der Waals surface area (Å²) in [7, 11) is 1.24. The number of esters is 1. The summed E-state index contributed by atoms with van der Waals surface area (Å²) in [6.07, 6.45) is 0. The summed E-state index contributed by atoms with van der Waals surface area (Å²) in [4.78, 5) is 38.1. The minimum absolute atomic E-state index is 0.128. The Morgan fingerprint density at radius 1 is 1.00 bits per heavy atom. The number of rotatable bonds is 5. The summed E-state index contributed by atoms with van der Waals surface area (Å²) in [5, 5.41) is 6.20. The molecule has 3 rings (SSSR count). The minimum Gasteiger partial charge on any atom is -0.465 e. The van der Waals surface area contributed by atoms with Crippen LogP contribution < -0.4 is 16.4 Å². The van der Waals surface area contributed by atoms with Crippen LogP contribution >= 0.6 is 22.9 Å². The molecule has 1 aromatic heterocycles. The highest BCUT2D eigenvalue weighted by molar-refractivity contribution is 7.19. The second-order valence-electron chi connectivity index (χ2n) is 6.75. The van der Waals surface area contributed by atoms with Crippen molar-refractivity contribution in [3.8, 4) is 0 Å². The van der Waals surface area contributed by atoms with Crippen LogP contribution in [-0.2, 0) is 4.74 Å². The number of nitrogens with two attached hydrogens (primary N) is 1. The summed E-state index contributed by atoms with van der Waals surface area (Å²) >= 11 is 7.11. The van der Waals surface area contributed by atoms with Gasteiger partial charge in [-0.3, -0.25) is 9.59 Å². The highest BCUT2D eigenvalue weighted by Gasteiger charge is 2.26. The highest BCUT2D eigenvalue weighted by atomic mass is 35.5. The average Bonchev–Trinajstić information content (AvgIpc) is 3.06. The van der Waals surface area contributed by atoms with Gasteiger partial charge in [-0.2, -0.15) is 0 Å². The fourth-order valence-electron chi connectivity index (χ4n) is 2.83. The smallest absolute Gasteiger partial charge is 0.341 e. The van der Waals surface area contributed by atoms with Crippen molar-refractivity contribution in [2.45, 2.75) is 13.8 Å². The van der Waals surface area contributed by atoms with E-state index in [1.165, 1.54) is 7.11 Å². The van der Waals surface area contributed by atoms with E-state index in [0.29, 0.717) is 27.5 Å². The molecule has 2 aromatic carbocycles. The first kappa shape index (κ1) is 22.3. The Balaban J connectivity index is 1.92. The van der Waals surface area contributed by atoms with Gasteiger partial charge in [0.2, 0.25) is 0 Å². The molecular formula is C22H20ClN3O4S. The first-order chi connectivity index (χ1) is 14.7. The van der Waals surface area contributed by atoms with Crippen molar-refractivity contribution < 1.29 is 19.1 Å². The Morgan fingerprint density at radius 3 is 2.29 bits per heavy atom. The number of nitrogen functional groups attached to an aromatic ring is 1. The van der Waals surface area contributed by atoms with Crippen LogP contribution in [0.5, 0.6) is 0 Å². The number of hydrogen-bond donors (Lipinski definition) is 3. The van der Waals surface area contributed by atoms with Crippen LogP contribution in [0, 0.1) is 13.8 Å². The maximum absolute atomic E-state index is 12.9. The summed E-state index contributed by atoms with van der Waals surface area (Å²) in [5.74, 6) is -1.52. The number of carbonyl (C=O) groups excluding carboxylic acids is 3. The quantitative estimate of drug-likeness (QED) is 0.373. The number of anilines is 3. The molecule has 2 amide bonds. The maximum atomic E-state index is 12.9. The van der Waals surface area contributed by atoms with Crippen LogP contribution in [0.3, 0.4) is 0 Å². The molecule has 0 spiro atoms. The van der Waals surface area contributed by atoms with Gasteiger partial charge in [-0.1, -0.05) is 17.7 Å². The number of ether oxygens (including phenoxy) is 1. The van der Waals surface area contributed by atoms with Gasteiger partial charge >= 0.3 is 5.97 Å². The number of halogens is 1. The third kappa shape index (κ3) is 4.87. The number of thiophene rings is 1. The molecule has 0 atom stereocenters. The van der Waals surface area contributed by atoms with Crippen LogP contribution in [0.25, 0.3) is 0 Å². The maximum Gasteiger partial charge on any atom is 0.341 e. The molecule has 0 unspecified atom stereocenters. The molecular weight excluding hydrogens is 438 g/mol. The Labute approximate surface area is 188 Å². The van der Waals surface area contributed by atoms with E-state index in [0.717, 1.165) is 16.9 Å². The largest absolute Gasteiger partial charge is 0.465 e. The van der Waals surface area contributed by atoms with Crippen LogP contribution in [0.15, 0.2) is 42.5 Å². The van der Waals surface area contributed by atoms with E-state index in [-0.39, 0.29) is 15.4 Å². The van der Waals surface area contributed by atoms with E-state index in [1.807, 2.05) is 6.92 Å². The van der Waals surface area contributed by atoms with Crippen molar-refractivity contribution in [1.82, 2.24) is 0 Å². The molecule has 31 heavy (non-hydrogen) atoms. The lowest BCUT2D eigenvalue weighted by Crippen LogP contribution is -2.14. The molecule has 9 heteroatoms. The Hall–Kier alpha value is -3.36. The number of aryl methyl sites for hydroxylation is 1. The van der Waals surface area contributed by atoms with Crippen molar-refractivity contribution >= 4 is 57.1 Å². The zero-order valence-corrected chi connectivity index (χ0v) is 18.6. The van der Waals surface area contributed by atoms with Gasteiger partial charge in [0.25, 0.3) is 11.8 Å². The van der Waals surface area contributed by atoms with E-state index in [9.17, 15) is 14.4 Å². The van der Waals surface area contributed by atoms with Crippen molar-refractivity contribution in [3.05, 3.63) is 74.6 Å². The van der Waals surface area contributed by atoms with E-state index in [4.69, 9.17) is 22.1 Å². The monoisotopic (exact) mass is 457 g/mol. The first-order valence-electron chi connectivity index (χ1n) is 9.17. The van der Waals surface area contributed by atoms with E-state index in [1.54, 1.807) is 49.4 Å². The van der Waals surface area contributed by atoms with Gasteiger partial charge in [0.05, 0.1) is 17.6 Å². The fourth-order valence-corrected chi connectivity index (χ4v) is 4.10. The van der Waals surface area contributed by atoms with Crippen molar-refractivity contribution in [2.75, 3.05) is 23.5 Å². The molecule has 1 heterocycles. The normalized spacial score (nSPS) is 10.5. The van der Waals surface area contributed by atoms with E-state index in [2.05, 4.69) is 10.6 Å². The third-order valence-electron chi connectivity index (χ3n) is 4.57. The standard InChI is InChI=1S/C22H20ClN3O4S/c1-11-4-9-15(10-16(11)23)25-20(28)18-12(2)17(22(29)30-3)21(31-18)26-19(27)13-5-7-14(24)8-6-13/h4-10H,24H2,1-3H3,(H,25,28)(H,26,27). The zero-order valence-electron chi connectivity index (χ0n) is 17.0. The summed E-state index contributed by atoms with van der Waals surface area (Å²) in [5.41, 5.74) is 8.46. The van der Waals surface area contributed by atoms with Gasteiger partial charge in [0.15, 0.2) is 0 Å². The number of hydrogen-bond acceptors (Lipinski definition) is 6. The molecule has 160 valence electrons. The summed E-state index contributed by atoms with van der Waals surface area (Å²) in [6, 6.07) is 11.5. The average molecular weight is 458 g/mol. The summed E-state index contributed by atoms with van der Waals surface area (Å²) < 4.78 is 4.85. The Bertz CT molecular complexity index is 1170. The Morgan fingerprint density at radius 2 is 1.68 bits per heavy atom. The number of amides is 2. The fraction of sp³-hybridized carbons (Fsp3) is 0.136. The molecule has 0 fully saturated rings. The molecule has 0 bridgehead atoms. The lowest BCUT2D eigenvalue weighted by atomic mass is 10.1. The number of methoxy groups -OCH3 is 1. The van der Waals surface area contributed by atoms with Crippen LogP contribution in [0.4, 0.5) is 16.4 Å². The van der Waals surface area contributed by atoms with E-state index >= 15 is 0 Å². The molecule has 3 aromatic rings. The molecule has 0 saturated heterocycles. The van der Waals surface area contributed by atoms with Crippen molar-refractivity contribution in [1.29, 1.82) is 0 Å². The lowest BCUT2D eigenvalue weighted by molar-refractivity contribution is 0.0601. The predicted molar refractivity (Wildman–Crippen MR) is 123 cm³/mol. The molecule has 0 aliphatic heterocycles. The SMILES string of the molecule is COC(=O)c1c(NC(=O)c2ccc(N)cc2)sc(C(=O)Nc2ccc(C)c(Cl)c2)c1C. The topological polar surface area (TPSA) is 111 Å². The molecule has 4 N–H and O–H groups in total. The third-order valence-corrected chi connectivity index (χ3v) is 6.19. The van der Waals surface area contributed by atoms with Gasteiger partial charge in [0, 0.05) is 22.0 Å². The van der Waals surface area contributed by atoms with Gasteiger partial charge in [-0.05, 0) is 61.4 Å². The zero-order chi connectivity index (χ0) is 22.7. The lowest BCUT2D eigenvalue weighted by Gasteiger charge is -2.07. The van der Waals surface area contributed by atoms with Crippen LogP contribution in [0.1, 0.15) is 41.5 Å². The van der Waals surface area contributed by atoms with Gasteiger partial charge in [0.1, 0.15) is 5.00 Å². The predicted octanol–water partition coefficient (Wildman–Crippen LogP) is 4.89. The summed E-state index contributed by atoms with van der Waals surface area (Å²) in [6.45, 7) is 3.48. The molecule has 0 saturated carbocycles. The van der Waals surface area contributed by atoms with Crippen molar-refractivity contribution in [3.63, 3.8) is 0 Å². The molecule has 0 radical (unpaired) electrons. The van der Waals surface area contributed by atoms with Crippen LogP contribution in [-0.4, -0.2) is 24.9 Å².